The van der Waals surface area contributed by atoms with E-state index in [1.54, 1.807) is 13.2 Å². The average Bonchev–Trinajstić information content (AvgIpc) is 2.90. The van der Waals surface area contributed by atoms with E-state index in [1.165, 1.54) is 16.8 Å². The van der Waals surface area contributed by atoms with Crippen LogP contribution in [0.4, 0.5) is 5.69 Å². The van der Waals surface area contributed by atoms with Crippen LogP contribution in [0.25, 0.3) is 17.0 Å². The molecule has 0 aliphatic heterocycles. The molecule has 20 heavy (non-hydrogen) atoms. The summed E-state index contributed by atoms with van der Waals surface area (Å²) >= 11 is 0. The Morgan fingerprint density at radius 1 is 1.20 bits per heavy atom. The van der Waals surface area contributed by atoms with Gasteiger partial charge in [-0.05, 0) is 30.3 Å². The van der Waals surface area contributed by atoms with Crippen LogP contribution >= 0.6 is 0 Å². The molecule has 2 aromatic heterocycles. The van der Waals surface area contributed by atoms with Gasteiger partial charge in [-0.25, -0.2) is 9.50 Å². The van der Waals surface area contributed by atoms with Gasteiger partial charge < -0.3 is 4.74 Å². The molecular weight excluding hydrogens is 260 g/mol. The van der Waals surface area contributed by atoms with Crippen molar-refractivity contribution >= 4 is 11.3 Å². The molecule has 7 nitrogen and oxygen atoms in total. The number of nitro groups is 1. The van der Waals surface area contributed by atoms with E-state index in [1.807, 2.05) is 24.3 Å². The van der Waals surface area contributed by atoms with Crippen molar-refractivity contribution in [3.8, 4) is 17.1 Å². The van der Waals surface area contributed by atoms with Crippen LogP contribution in [0.3, 0.4) is 0 Å². The van der Waals surface area contributed by atoms with Gasteiger partial charge in [0.2, 0.25) is 0 Å². The van der Waals surface area contributed by atoms with Gasteiger partial charge in [-0.2, -0.15) is 0 Å². The van der Waals surface area contributed by atoms with E-state index in [-0.39, 0.29) is 5.69 Å². The number of methoxy groups -OCH3 is 1. The molecule has 1 aromatic carbocycles. The first-order valence-corrected chi connectivity index (χ1v) is 5.82. The van der Waals surface area contributed by atoms with E-state index in [9.17, 15) is 10.1 Å². The average molecular weight is 270 g/mol. The van der Waals surface area contributed by atoms with Gasteiger partial charge >= 0.3 is 0 Å². The summed E-state index contributed by atoms with van der Waals surface area (Å²) in [6.45, 7) is 0. The summed E-state index contributed by atoms with van der Waals surface area (Å²) < 4.78 is 6.49. The monoisotopic (exact) mass is 270 g/mol. The minimum absolute atomic E-state index is 0.0244. The van der Waals surface area contributed by atoms with Crippen LogP contribution in [0.2, 0.25) is 0 Å². The highest BCUT2D eigenvalue weighted by molar-refractivity contribution is 5.59. The number of nitrogens with zero attached hydrogens (tertiary/aromatic N) is 4. The Hall–Kier alpha value is -2.96. The van der Waals surface area contributed by atoms with Crippen molar-refractivity contribution in [2.45, 2.75) is 0 Å². The quantitative estimate of drug-likeness (QED) is 0.538. The van der Waals surface area contributed by atoms with Gasteiger partial charge in [-0.15, -0.1) is 5.10 Å². The molecule has 0 unspecified atom stereocenters. The van der Waals surface area contributed by atoms with Gasteiger partial charge in [0.25, 0.3) is 5.69 Å². The number of fused-ring (bicyclic) bond motifs is 1. The third-order valence-corrected chi connectivity index (χ3v) is 2.87. The molecule has 0 fully saturated rings. The Labute approximate surface area is 113 Å². The second kappa shape index (κ2) is 4.61. The van der Waals surface area contributed by atoms with Crippen LogP contribution in [0.15, 0.2) is 42.6 Å². The van der Waals surface area contributed by atoms with E-state index in [4.69, 9.17) is 4.74 Å². The highest BCUT2D eigenvalue weighted by Crippen LogP contribution is 2.21. The maximum Gasteiger partial charge on any atom is 0.287 e. The maximum atomic E-state index is 10.7. The van der Waals surface area contributed by atoms with Crippen LogP contribution in [-0.2, 0) is 0 Å². The Bertz CT molecular complexity index is 780. The van der Waals surface area contributed by atoms with Gasteiger partial charge in [-0.1, -0.05) is 0 Å². The van der Waals surface area contributed by atoms with Gasteiger partial charge in [-0.3, -0.25) is 10.1 Å². The third-order valence-electron chi connectivity index (χ3n) is 2.87. The lowest BCUT2D eigenvalue weighted by molar-refractivity contribution is -0.385. The van der Waals surface area contributed by atoms with E-state index >= 15 is 0 Å². The minimum Gasteiger partial charge on any atom is -0.497 e. The van der Waals surface area contributed by atoms with Gasteiger partial charge in [0.15, 0.2) is 11.5 Å². The lowest BCUT2D eigenvalue weighted by Gasteiger charge is -1.99. The fourth-order valence-corrected chi connectivity index (χ4v) is 1.84. The third kappa shape index (κ3) is 2.05. The fraction of sp³-hybridized carbons (Fsp3) is 0.0769. The second-order valence-electron chi connectivity index (χ2n) is 4.11. The molecule has 3 rings (SSSR count). The number of hydrogen-bond acceptors (Lipinski definition) is 5. The molecule has 0 N–H and O–H groups in total. The Morgan fingerprint density at radius 3 is 2.60 bits per heavy atom. The van der Waals surface area contributed by atoms with Crippen molar-refractivity contribution in [2.75, 3.05) is 7.11 Å². The lowest BCUT2D eigenvalue weighted by atomic mass is 10.2. The van der Waals surface area contributed by atoms with Gasteiger partial charge in [0.1, 0.15) is 11.9 Å². The zero-order valence-corrected chi connectivity index (χ0v) is 10.6. The van der Waals surface area contributed by atoms with E-state index in [0.29, 0.717) is 11.5 Å². The largest absolute Gasteiger partial charge is 0.497 e. The summed E-state index contributed by atoms with van der Waals surface area (Å²) in [7, 11) is 1.59. The molecule has 0 radical (unpaired) electrons. The molecule has 0 aliphatic rings. The number of pyridine rings is 1. The highest BCUT2D eigenvalue weighted by atomic mass is 16.6. The zero-order chi connectivity index (χ0) is 14.1. The van der Waals surface area contributed by atoms with E-state index < -0.39 is 4.92 Å². The molecule has 100 valence electrons. The summed E-state index contributed by atoms with van der Waals surface area (Å²) in [4.78, 5) is 14.6. The molecule has 2 heterocycles. The van der Waals surface area contributed by atoms with Crippen molar-refractivity contribution in [3.63, 3.8) is 0 Å². The van der Waals surface area contributed by atoms with Crippen molar-refractivity contribution in [2.24, 2.45) is 0 Å². The first-order chi connectivity index (χ1) is 9.67. The molecule has 7 heteroatoms. The van der Waals surface area contributed by atoms with Gasteiger partial charge in [0.05, 0.1) is 12.0 Å². The summed E-state index contributed by atoms with van der Waals surface area (Å²) in [6.07, 6.45) is 1.34. The normalized spacial score (nSPS) is 10.7. The summed E-state index contributed by atoms with van der Waals surface area (Å²) in [5, 5.41) is 15.0. The Kier molecular flexibility index (Phi) is 2.79. The van der Waals surface area contributed by atoms with Crippen LogP contribution in [0.5, 0.6) is 5.75 Å². The molecule has 0 amide bonds. The van der Waals surface area contributed by atoms with Crippen molar-refractivity contribution in [1.29, 1.82) is 0 Å². The SMILES string of the molecule is COc1ccc(-c2nc3ccc([N+](=O)[O-])cn3n2)cc1. The van der Waals surface area contributed by atoms with Crippen LogP contribution in [0.1, 0.15) is 0 Å². The molecule has 0 saturated carbocycles. The lowest BCUT2D eigenvalue weighted by Crippen LogP contribution is -1.92. The van der Waals surface area contributed by atoms with E-state index in [0.717, 1.165) is 11.3 Å². The topological polar surface area (TPSA) is 82.6 Å². The first-order valence-electron chi connectivity index (χ1n) is 5.82. The molecule has 3 aromatic rings. The molecular formula is C13H10N4O3. The zero-order valence-electron chi connectivity index (χ0n) is 10.6. The molecule has 0 saturated heterocycles. The number of ether oxygens (including phenoxy) is 1. The molecule has 0 atom stereocenters. The Morgan fingerprint density at radius 2 is 1.95 bits per heavy atom. The van der Waals surface area contributed by atoms with Gasteiger partial charge in [0, 0.05) is 11.6 Å². The molecule has 0 spiro atoms. The van der Waals surface area contributed by atoms with Crippen LogP contribution < -0.4 is 4.74 Å². The number of rotatable bonds is 3. The van der Waals surface area contributed by atoms with Crippen molar-refractivity contribution in [1.82, 2.24) is 14.6 Å². The smallest absolute Gasteiger partial charge is 0.287 e. The fourth-order valence-electron chi connectivity index (χ4n) is 1.84. The first kappa shape index (κ1) is 12.1. The van der Waals surface area contributed by atoms with Crippen molar-refractivity contribution < 1.29 is 9.66 Å². The van der Waals surface area contributed by atoms with Crippen LogP contribution in [0, 0.1) is 10.1 Å². The summed E-state index contributed by atoms with van der Waals surface area (Å²) in [5.41, 5.74) is 1.35. The number of hydrogen-bond donors (Lipinski definition) is 0. The number of aromatic nitrogens is 3. The Balaban J connectivity index is 2.05. The second-order valence-corrected chi connectivity index (χ2v) is 4.11. The van der Waals surface area contributed by atoms with E-state index in [2.05, 4.69) is 10.1 Å². The summed E-state index contributed by atoms with van der Waals surface area (Å²) in [6, 6.07) is 10.3. The van der Waals surface area contributed by atoms with Crippen LogP contribution in [-0.4, -0.2) is 26.6 Å². The predicted octanol–water partition coefficient (Wildman–Crippen LogP) is 2.31. The maximum absolute atomic E-state index is 10.7. The number of benzene rings is 1. The highest BCUT2D eigenvalue weighted by Gasteiger charge is 2.10. The standard InChI is InChI=1S/C13H10N4O3/c1-20-11-5-2-9(3-6-11)13-14-12-7-4-10(17(18)19)8-16(12)15-13/h2-8H,1H3. The summed E-state index contributed by atoms with van der Waals surface area (Å²) in [5.74, 6) is 1.25. The van der Waals surface area contributed by atoms with Crippen molar-refractivity contribution in [3.05, 3.63) is 52.7 Å². The molecule has 0 bridgehead atoms. The molecule has 0 aliphatic carbocycles. The predicted molar refractivity (Wildman–Crippen MR) is 71.6 cm³/mol. The minimum atomic E-state index is -0.464.